The van der Waals surface area contributed by atoms with Gasteiger partial charge >= 0.3 is 12.1 Å². The van der Waals surface area contributed by atoms with E-state index in [1.807, 2.05) is 13.8 Å². The maximum absolute atomic E-state index is 14.3. The van der Waals surface area contributed by atoms with Crippen molar-refractivity contribution in [2.75, 3.05) is 6.61 Å². The largest absolute Gasteiger partial charge is 0.464 e. The molecule has 2 rings (SSSR count). The third-order valence-corrected chi connectivity index (χ3v) is 4.24. The Hall–Kier alpha value is -2.63. The summed E-state index contributed by atoms with van der Waals surface area (Å²) in [6, 6.07) is 13.5. The SMILES string of the molecule is CC(C)CCOC(=O)C(C(=O)c1ccccc1)(c1ccccc1)C(F)(F)F. The van der Waals surface area contributed by atoms with E-state index in [1.54, 1.807) is 6.07 Å². The second-order valence-electron chi connectivity index (χ2n) is 6.63. The number of benzene rings is 2. The fourth-order valence-corrected chi connectivity index (χ4v) is 2.74. The molecule has 0 aliphatic carbocycles. The highest BCUT2D eigenvalue weighted by Gasteiger charge is 2.67. The molecule has 0 bridgehead atoms. The summed E-state index contributed by atoms with van der Waals surface area (Å²) >= 11 is 0. The molecule has 0 fully saturated rings. The molecule has 6 heteroatoms. The molecule has 0 radical (unpaired) electrons. The van der Waals surface area contributed by atoms with Crippen molar-refractivity contribution in [1.82, 2.24) is 0 Å². The highest BCUT2D eigenvalue weighted by atomic mass is 19.4. The van der Waals surface area contributed by atoms with Crippen LogP contribution in [0.4, 0.5) is 13.2 Å². The van der Waals surface area contributed by atoms with Gasteiger partial charge in [0.1, 0.15) is 0 Å². The molecular formula is C21H21F3O3. The van der Waals surface area contributed by atoms with Crippen LogP contribution in [0, 0.1) is 5.92 Å². The quantitative estimate of drug-likeness (QED) is 0.389. The third kappa shape index (κ3) is 4.21. The number of carbonyl (C=O) groups is 2. The van der Waals surface area contributed by atoms with E-state index in [1.165, 1.54) is 42.5 Å². The van der Waals surface area contributed by atoms with Crippen molar-refractivity contribution >= 4 is 11.8 Å². The lowest BCUT2D eigenvalue weighted by Crippen LogP contribution is -2.56. The monoisotopic (exact) mass is 378 g/mol. The van der Waals surface area contributed by atoms with Crippen LogP contribution in [-0.4, -0.2) is 24.5 Å². The van der Waals surface area contributed by atoms with Gasteiger partial charge in [0.05, 0.1) is 6.61 Å². The standard InChI is InChI=1S/C21H21F3O3/c1-15(2)13-14-27-19(26)20(21(22,23)24,17-11-7-4-8-12-17)18(25)16-9-5-3-6-10-16/h3-12,15H,13-14H2,1-2H3. The zero-order valence-electron chi connectivity index (χ0n) is 15.1. The van der Waals surface area contributed by atoms with Gasteiger partial charge in [-0.15, -0.1) is 0 Å². The highest BCUT2D eigenvalue weighted by molar-refractivity contribution is 6.18. The molecule has 144 valence electrons. The summed E-state index contributed by atoms with van der Waals surface area (Å²) in [5, 5.41) is 0. The predicted octanol–water partition coefficient (Wildman–Crippen LogP) is 4.96. The van der Waals surface area contributed by atoms with Crippen LogP contribution in [0.25, 0.3) is 0 Å². The number of ketones is 1. The van der Waals surface area contributed by atoms with Gasteiger partial charge in [-0.05, 0) is 17.9 Å². The Morgan fingerprint density at radius 2 is 1.44 bits per heavy atom. The molecule has 1 atom stereocenters. The van der Waals surface area contributed by atoms with Gasteiger partial charge in [0.25, 0.3) is 0 Å². The molecule has 0 saturated heterocycles. The fourth-order valence-electron chi connectivity index (χ4n) is 2.74. The molecule has 1 unspecified atom stereocenters. The minimum absolute atomic E-state index is 0.139. The molecule has 0 amide bonds. The number of carbonyl (C=O) groups excluding carboxylic acids is 2. The molecule has 0 N–H and O–H groups in total. The van der Waals surface area contributed by atoms with Gasteiger partial charge in [-0.3, -0.25) is 9.59 Å². The number of alkyl halides is 3. The van der Waals surface area contributed by atoms with Crippen molar-refractivity contribution in [2.45, 2.75) is 31.9 Å². The van der Waals surface area contributed by atoms with Gasteiger partial charge < -0.3 is 4.74 Å². The molecule has 27 heavy (non-hydrogen) atoms. The predicted molar refractivity (Wildman–Crippen MR) is 95.4 cm³/mol. The first-order valence-corrected chi connectivity index (χ1v) is 8.60. The first kappa shape index (κ1) is 20.7. The topological polar surface area (TPSA) is 43.4 Å². The molecule has 2 aromatic carbocycles. The number of ether oxygens (including phenoxy) is 1. The molecule has 0 saturated carbocycles. The zero-order chi connectivity index (χ0) is 20.1. The van der Waals surface area contributed by atoms with Gasteiger partial charge in [-0.2, -0.15) is 13.2 Å². The van der Waals surface area contributed by atoms with Crippen molar-refractivity contribution in [3.8, 4) is 0 Å². The zero-order valence-corrected chi connectivity index (χ0v) is 15.1. The summed E-state index contributed by atoms with van der Waals surface area (Å²) in [6.45, 7) is 3.53. The maximum Gasteiger partial charge on any atom is 0.416 e. The molecular weight excluding hydrogens is 357 g/mol. The lowest BCUT2D eigenvalue weighted by molar-refractivity contribution is -0.197. The van der Waals surface area contributed by atoms with Crippen LogP contribution in [0.2, 0.25) is 0 Å². The summed E-state index contributed by atoms with van der Waals surface area (Å²) in [5.74, 6) is -2.81. The Labute approximate surface area is 156 Å². The van der Waals surface area contributed by atoms with Crippen molar-refractivity contribution < 1.29 is 27.5 Å². The van der Waals surface area contributed by atoms with Crippen molar-refractivity contribution in [3.05, 3.63) is 71.8 Å². The molecule has 0 aromatic heterocycles. The molecule has 2 aromatic rings. The van der Waals surface area contributed by atoms with Crippen LogP contribution in [0.5, 0.6) is 0 Å². The average Bonchev–Trinajstić information content (AvgIpc) is 2.62. The number of halogens is 3. The van der Waals surface area contributed by atoms with Crippen LogP contribution in [0.1, 0.15) is 36.2 Å². The first-order chi connectivity index (χ1) is 12.7. The van der Waals surface area contributed by atoms with E-state index in [-0.39, 0.29) is 18.1 Å². The minimum Gasteiger partial charge on any atom is -0.464 e. The first-order valence-electron chi connectivity index (χ1n) is 8.60. The normalized spacial score (nSPS) is 13.9. The number of rotatable bonds is 7. The van der Waals surface area contributed by atoms with E-state index in [0.717, 1.165) is 12.1 Å². The second kappa shape index (κ2) is 8.37. The Kier molecular flexibility index (Phi) is 6.41. The Balaban J connectivity index is 2.61. The summed E-state index contributed by atoms with van der Waals surface area (Å²) in [5.41, 5.74) is -4.08. The summed E-state index contributed by atoms with van der Waals surface area (Å²) in [6.07, 6.45) is -4.77. The molecule has 0 spiro atoms. The molecule has 0 aliphatic heterocycles. The number of hydrogen-bond acceptors (Lipinski definition) is 3. The average molecular weight is 378 g/mol. The number of esters is 1. The van der Waals surface area contributed by atoms with Crippen LogP contribution in [0.3, 0.4) is 0 Å². The van der Waals surface area contributed by atoms with E-state index >= 15 is 0 Å². The van der Waals surface area contributed by atoms with Crippen LogP contribution < -0.4 is 0 Å². The Morgan fingerprint density at radius 1 is 0.926 bits per heavy atom. The lowest BCUT2D eigenvalue weighted by atomic mass is 9.73. The van der Waals surface area contributed by atoms with Crippen molar-refractivity contribution in [3.63, 3.8) is 0 Å². The number of hydrogen-bond donors (Lipinski definition) is 0. The second-order valence-corrected chi connectivity index (χ2v) is 6.63. The summed E-state index contributed by atoms with van der Waals surface area (Å²) in [7, 11) is 0. The summed E-state index contributed by atoms with van der Waals surface area (Å²) in [4.78, 5) is 25.8. The van der Waals surface area contributed by atoms with E-state index < -0.39 is 28.9 Å². The van der Waals surface area contributed by atoms with Crippen LogP contribution in [0.15, 0.2) is 60.7 Å². The lowest BCUT2D eigenvalue weighted by Gasteiger charge is -2.32. The highest BCUT2D eigenvalue weighted by Crippen LogP contribution is 2.44. The Morgan fingerprint density at radius 3 is 1.93 bits per heavy atom. The fraction of sp³-hybridized carbons (Fsp3) is 0.333. The minimum atomic E-state index is -5.17. The van der Waals surface area contributed by atoms with Gasteiger partial charge in [-0.25, -0.2) is 0 Å². The number of Topliss-reactive ketones (excluding diaryl/α,β-unsaturated/α-hetero) is 1. The van der Waals surface area contributed by atoms with E-state index in [4.69, 9.17) is 4.74 Å². The van der Waals surface area contributed by atoms with Crippen LogP contribution in [-0.2, 0) is 14.9 Å². The van der Waals surface area contributed by atoms with Crippen LogP contribution >= 0.6 is 0 Å². The molecule has 0 heterocycles. The van der Waals surface area contributed by atoms with Gasteiger partial charge in [0.2, 0.25) is 5.41 Å². The van der Waals surface area contributed by atoms with Crippen molar-refractivity contribution in [2.24, 2.45) is 5.92 Å². The Bertz CT molecular complexity index is 770. The third-order valence-electron chi connectivity index (χ3n) is 4.24. The van der Waals surface area contributed by atoms with Gasteiger partial charge in [0.15, 0.2) is 5.78 Å². The van der Waals surface area contributed by atoms with Gasteiger partial charge in [0, 0.05) is 5.56 Å². The van der Waals surface area contributed by atoms with E-state index in [0.29, 0.717) is 6.42 Å². The molecule has 0 aliphatic rings. The van der Waals surface area contributed by atoms with Crippen molar-refractivity contribution in [1.29, 1.82) is 0 Å². The molecule has 3 nitrogen and oxygen atoms in total. The van der Waals surface area contributed by atoms with E-state index in [9.17, 15) is 22.8 Å². The summed E-state index contributed by atoms with van der Waals surface area (Å²) < 4.78 is 47.9. The maximum atomic E-state index is 14.3. The van der Waals surface area contributed by atoms with Gasteiger partial charge in [-0.1, -0.05) is 74.5 Å². The van der Waals surface area contributed by atoms with E-state index in [2.05, 4.69) is 0 Å². The smallest absolute Gasteiger partial charge is 0.416 e.